The van der Waals surface area contributed by atoms with E-state index in [9.17, 15) is 18.8 Å². The Morgan fingerprint density at radius 2 is 1.49 bits per heavy atom. The third kappa shape index (κ3) is 8.30. The Hall–Kier alpha value is -4.89. The second kappa shape index (κ2) is 14.0. The number of hydrogen-bond acceptors (Lipinski definition) is 5. The maximum Gasteiger partial charge on any atom is 0.272 e. The van der Waals surface area contributed by atoms with Crippen molar-refractivity contribution in [2.45, 2.75) is 17.1 Å². The Labute approximate surface area is 241 Å². The summed E-state index contributed by atoms with van der Waals surface area (Å²) in [7, 11) is 1.54. The van der Waals surface area contributed by atoms with Crippen LogP contribution in [0.2, 0.25) is 0 Å². The molecule has 0 fully saturated rings. The van der Waals surface area contributed by atoms with Crippen LogP contribution in [0.4, 0.5) is 15.8 Å². The highest BCUT2D eigenvalue weighted by molar-refractivity contribution is 8.00. The molecule has 41 heavy (non-hydrogen) atoms. The zero-order valence-electron chi connectivity index (χ0n) is 22.4. The minimum atomic E-state index is -0.552. The summed E-state index contributed by atoms with van der Waals surface area (Å²) >= 11 is 1.36. The van der Waals surface area contributed by atoms with E-state index in [1.165, 1.54) is 42.1 Å². The first-order valence-corrected chi connectivity index (χ1v) is 13.6. The van der Waals surface area contributed by atoms with Crippen molar-refractivity contribution in [3.63, 3.8) is 0 Å². The van der Waals surface area contributed by atoms with Crippen LogP contribution in [-0.4, -0.2) is 30.1 Å². The molecule has 0 saturated carbocycles. The summed E-state index contributed by atoms with van der Waals surface area (Å²) in [4.78, 5) is 39.5. The summed E-state index contributed by atoms with van der Waals surface area (Å²) in [5, 5.41) is 7.91. The lowest BCUT2D eigenvalue weighted by Crippen LogP contribution is -2.30. The molecule has 0 spiro atoms. The molecule has 4 aromatic carbocycles. The number of ether oxygens (including phenoxy) is 1. The van der Waals surface area contributed by atoms with Crippen LogP contribution in [0.25, 0.3) is 6.08 Å². The number of benzene rings is 4. The first-order chi connectivity index (χ1) is 19.8. The standard InChI is InChI=1S/C32H28FN3O4S/c1-21(30(37)35-27-10-6-7-11-29(27)40-2)41-26-18-16-25(17-19-26)34-32(39)28(20-22-12-14-24(33)15-13-22)36-31(38)23-8-4-3-5-9-23/h3-21H,1-2H3,(H,34,39)(H,35,37)(H,36,38)/b28-20-. The second-order valence-electron chi connectivity index (χ2n) is 8.86. The fraction of sp³-hybridized carbons (Fsp3) is 0.0938. The van der Waals surface area contributed by atoms with Gasteiger partial charge in [-0.2, -0.15) is 0 Å². The number of anilines is 2. The van der Waals surface area contributed by atoms with E-state index < -0.39 is 22.9 Å². The smallest absolute Gasteiger partial charge is 0.272 e. The number of carbonyl (C=O) groups excluding carboxylic acids is 3. The largest absolute Gasteiger partial charge is 0.495 e. The van der Waals surface area contributed by atoms with Crippen molar-refractivity contribution < 1.29 is 23.5 Å². The lowest BCUT2D eigenvalue weighted by molar-refractivity contribution is -0.115. The van der Waals surface area contributed by atoms with E-state index in [0.29, 0.717) is 28.3 Å². The zero-order chi connectivity index (χ0) is 29.2. The molecule has 0 aliphatic carbocycles. The van der Waals surface area contributed by atoms with Crippen molar-refractivity contribution in [2.24, 2.45) is 0 Å². The van der Waals surface area contributed by atoms with Crippen molar-refractivity contribution in [2.75, 3.05) is 17.7 Å². The van der Waals surface area contributed by atoms with E-state index in [4.69, 9.17) is 4.74 Å². The summed E-state index contributed by atoms with van der Waals surface area (Å²) in [5.41, 5.74) is 2.00. The molecule has 0 aromatic heterocycles. The molecule has 0 aliphatic heterocycles. The molecule has 208 valence electrons. The normalized spacial score (nSPS) is 11.7. The summed E-state index contributed by atoms with van der Waals surface area (Å²) in [6, 6.07) is 28.2. The summed E-state index contributed by atoms with van der Waals surface area (Å²) in [6.45, 7) is 1.80. The topological polar surface area (TPSA) is 96.5 Å². The van der Waals surface area contributed by atoms with Crippen LogP contribution in [0.3, 0.4) is 0 Å². The molecule has 0 bridgehead atoms. The number of amides is 3. The van der Waals surface area contributed by atoms with Gasteiger partial charge in [-0.3, -0.25) is 14.4 Å². The number of para-hydroxylation sites is 2. The molecule has 1 atom stereocenters. The number of rotatable bonds is 10. The Morgan fingerprint density at radius 1 is 0.829 bits per heavy atom. The molecule has 0 aliphatic rings. The first-order valence-electron chi connectivity index (χ1n) is 12.7. The van der Waals surface area contributed by atoms with Gasteiger partial charge in [-0.25, -0.2) is 4.39 Å². The Bertz CT molecular complexity index is 1540. The maximum atomic E-state index is 13.4. The van der Waals surface area contributed by atoms with Crippen LogP contribution in [0.1, 0.15) is 22.8 Å². The zero-order valence-corrected chi connectivity index (χ0v) is 23.2. The Morgan fingerprint density at radius 3 is 2.17 bits per heavy atom. The highest BCUT2D eigenvalue weighted by atomic mass is 32.2. The van der Waals surface area contributed by atoms with E-state index in [1.54, 1.807) is 80.8 Å². The molecule has 0 radical (unpaired) electrons. The van der Waals surface area contributed by atoms with Crippen molar-refractivity contribution in [1.82, 2.24) is 5.32 Å². The van der Waals surface area contributed by atoms with Gasteiger partial charge in [0.1, 0.15) is 17.3 Å². The van der Waals surface area contributed by atoms with Crippen LogP contribution in [-0.2, 0) is 9.59 Å². The van der Waals surface area contributed by atoms with Crippen molar-refractivity contribution in [3.05, 3.63) is 126 Å². The van der Waals surface area contributed by atoms with Gasteiger partial charge >= 0.3 is 0 Å². The van der Waals surface area contributed by atoms with Gasteiger partial charge in [-0.1, -0.05) is 42.5 Å². The highest BCUT2D eigenvalue weighted by Gasteiger charge is 2.18. The molecule has 3 N–H and O–H groups in total. The van der Waals surface area contributed by atoms with Gasteiger partial charge in [0.05, 0.1) is 18.0 Å². The van der Waals surface area contributed by atoms with Gasteiger partial charge in [0, 0.05) is 16.1 Å². The van der Waals surface area contributed by atoms with Crippen LogP contribution >= 0.6 is 11.8 Å². The Kier molecular flexibility index (Phi) is 9.90. The molecule has 3 amide bonds. The molecular weight excluding hydrogens is 541 g/mol. The van der Waals surface area contributed by atoms with Crippen LogP contribution in [0, 0.1) is 5.82 Å². The minimum Gasteiger partial charge on any atom is -0.495 e. The number of methoxy groups -OCH3 is 1. The van der Waals surface area contributed by atoms with E-state index in [1.807, 2.05) is 12.1 Å². The van der Waals surface area contributed by atoms with E-state index >= 15 is 0 Å². The summed E-state index contributed by atoms with van der Waals surface area (Å²) < 4.78 is 18.7. The van der Waals surface area contributed by atoms with Gasteiger partial charge in [0.15, 0.2) is 0 Å². The van der Waals surface area contributed by atoms with E-state index in [-0.39, 0.29) is 11.6 Å². The van der Waals surface area contributed by atoms with Gasteiger partial charge in [0.2, 0.25) is 5.91 Å². The summed E-state index contributed by atoms with van der Waals surface area (Å²) in [6.07, 6.45) is 1.47. The van der Waals surface area contributed by atoms with Gasteiger partial charge in [-0.15, -0.1) is 11.8 Å². The third-order valence-electron chi connectivity index (χ3n) is 5.87. The van der Waals surface area contributed by atoms with Crippen LogP contribution in [0.15, 0.2) is 114 Å². The van der Waals surface area contributed by atoms with Gasteiger partial charge in [-0.05, 0) is 79.2 Å². The quantitative estimate of drug-likeness (QED) is 0.153. The van der Waals surface area contributed by atoms with E-state index in [2.05, 4.69) is 16.0 Å². The summed E-state index contributed by atoms with van der Waals surface area (Å²) in [5.74, 6) is -1.02. The lowest BCUT2D eigenvalue weighted by atomic mass is 10.1. The predicted octanol–water partition coefficient (Wildman–Crippen LogP) is 6.36. The van der Waals surface area contributed by atoms with Gasteiger partial charge in [0.25, 0.3) is 11.8 Å². The average molecular weight is 570 g/mol. The molecular formula is C32H28FN3O4S. The molecule has 9 heteroatoms. The molecule has 4 aromatic rings. The SMILES string of the molecule is COc1ccccc1NC(=O)C(C)Sc1ccc(NC(=O)/C(=C/c2ccc(F)cc2)NC(=O)c2ccccc2)cc1. The number of thioether (sulfide) groups is 1. The van der Waals surface area contributed by atoms with E-state index in [0.717, 1.165) is 4.90 Å². The van der Waals surface area contributed by atoms with Crippen LogP contribution in [0.5, 0.6) is 5.75 Å². The maximum absolute atomic E-state index is 13.4. The first kappa shape index (κ1) is 29.1. The monoisotopic (exact) mass is 569 g/mol. The number of carbonyl (C=O) groups is 3. The van der Waals surface area contributed by atoms with Crippen molar-refractivity contribution >= 4 is 46.9 Å². The van der Waals surface area contributed by atoms with Gasteiger partial charge < -0.3 is 20.7 Å². The molecule has 4 rings (SSSR count). The van der Waals surface area contributed by atoms with Crippen molar-refractivity contribution in [3.8, 4) is 5.75 Å². The highest BCUT2D eigenvalue weighted by Crippen LogP contribution is 2.28. The second-order valence-corrected chi connectivity index (χ2v) is 10.3. The molecule has 0 heterocycles. The lowest BCUT2D eigenvalue weighted by Gasteiger charge is -2.15. The molecule has 1 unspecified atom stereocenters. The number of nitrogens with one attached hydrogen (secondary N) is 3. The fourth-order valence-corrected chi connectivity index (χ4v) is 4.59. The minimum absolute atomic E-state index is 0.00875. The number of hydrogen-bond donors (Lipinski definition) is 3. The fourth-order valence-electron chi connectivity index (χ4n) is 3.72. The molecule has 7 nitrogen and oxygen atoms in total. The molecule has 0 saturated heterocycles. The predicted molar refractivity (Wildman–Crippen MR) is 160 cm³/mol. The van der Waals surface area contributed by atoms with Crippen molar-refractivity contribution in [1.29, 1.82) is 0 Å². The number of halogens is 1. The van der Waals surface area contributed by atoms with Crippen LogP contribution < -0.4 is 20.7 Å². The Balaban J connectivity index is 1.43. The average Bonchev–Trinajstić information content (AvgIpc) is 2.99. The third-order valence-corrected chi connectivity index (χ3v) is 6.98.